The molecule has 0 radical (unpaired) electrons. The second-order valence-corrected chi connectivity index (χ2v) is 4.72. The predicted octanol–water partition coefficient (Wildman–Crippen LogP) is 4.50. The smallest absolute Gasteiger partial charge is 0.119 e. The van der Waals surface area contributed by atoms with Crippen LogP contribution in [0.25, 0.3) is 0 Å². The van der Waals surface area contributed by atoms with E-state index in [-0.39, 0.29) is 0 Å². The van der Waals surface area contributed by atoms with Crippen LogP contribution in [0.3, 0.4) is 0 Å². The summed E-state index contributed by atoms with van der Waals surface area (Å²) in [5.41, 5.74) is 2.47. The molecule has 0 aromatic heterocycles. The van der Waals surface area contributed by atoms with Gasteiger partial charge in [-0.2, -0.15) is 0 Å². The highest BCUT2D eigenvalue weighted by Crippen LogP contribution is 2.30. The Morgan fingerprint density at radius 1 is 1.05 bits per heavy atom. The van der Waals surface area contributed by atoms with Gasteiger partial charge in [-0.15, -0.1) is 0 Å². The summed E-state index contributed by atoms with van der Waals surface area (Å²) in [6, 6.07) is 15.6. The van der Waals surface area contributed by atoms with Gasteiger partial charge in [-0.1, -0.05) is 43.8 Å². The van der Waals surface area contributed by atoms with Gasteiger partial charge >= 0.3 is 0 Å². The topological polar surface area (TPSA) is 29.5 Å². The molecule has 0 aliphatic heterocycles. The molecule has 0 heterocycles. The number of benzene rings is 2. The van der Waals surface area contributed by atoms with Crippen molar-refractivity contribution in [2.75, 3.05) is 6.61 Å². The first-order valence-electron chi connectivity index (χ1n) is 6.87. The molecule has 20 heavy (non-hydrogen) atoms. The first-order valence-corrected chi connectivity index (χ1v) is 6.87. The van der Waals surface area contributed by atoms with Crippen LogP contribution in [-0.2, 0) is 0 Å². The number of hydrogen-bond acceptors (Lipinski definition) is 2. The summed E-state index contributed by atoms with van der Waals surface area (Å²) >= 11 is 0. The minimum Gasteiger partial charge on any atom is -0.508 e. The second-order valence-electron chi connectivity index (χ2n) is 4.72. The number of phenols is 1. The highest BCUT2D eigenvalue weighted by atomic mass is 16.5. The van der Waals surface area contributed by atoms with Gasteiger partial charge in [0.1, 0.15) is 18.1 Å². The summed E-state index contributed by atoms with van der Waals surface area (Å²) in [6.45, 7) is 6.32. The molecule has 0 saturated carbocycles. The molecule has 2 aromatic rings. The fourth-order valence-electron chi connectivity index (χ4n) is 2.32. The molecule has 1 N–H and O–H groups in total. The molecule has 0 spiro atoms. The van der Waals surface area contributed by atoms with Crippen LogP contribution in [0.15, 0.2) is 61.2 Å². The van der Waals surface area contributed by atoms with E-state index in [2.05, 4.69) is 25.6 Å². The van der Waals surface area contributed by atoms with Crippen LogP contribution in [0.1, 0.15) is 30.4 Å². The average molecular weight is 268 g/mol. The molecule has 0 saturated heterocycles. The molecule has 2 heteroatoms. The molecular formula is C18H20O2. The third-order valence-electron chi connectivity index (χ3n) is 3.35. The zero-order valence-electron chi connectivity index (χ0n) is 11.8. The van der Waals surface area contributed by atoms with Crippen molar-refractivity contribution in [3.63, 3.8) is 0 Å². The molecule has 1 atom stereocenters. The van der Waals surface area contributed by atoms with Crippen molar-refractivity contribution in [1.29, 1.82) is 0 Å². The Kier molecular flexibility index (Phi) is 4.83. The van der Waals surface area contributed by atoms with Crippen molar-refractivity contribution in [3.8, 4) is 11.5 Å². The monoisotopic (exact) mass is 268 g/mol. The molecule has 0 fully saturated rings. The minimum atomic E-state index is 0.303. The molecule has 2 nitrogen and oxygen atoms in total. The van der Waals surface area contributed by atoms with Gasteiger partial charge in [0.15, 0.2) is 0 Å². The number of aromatic hydroxyl groups is 1. The maximum Gasteiger partial charge on any atom is 0.119 e. The number of hydrogen-bond donors (Lipinski definition) is 1. The molecule has 1 unspecified atom stereocenters. The first-order chi connectivity index (χ1) is 9.74. The van der Waals surface area contributed by atoms with E-state index < -0.39 is 0 Å². The minimum absolute atomic E-state index is 0.303. The molecule has 0 aliphatic carbocycles. The highest BCUT2D eigenvalue weighted by Gasteiger charge is 2.12. The van der Waals surface area contributed by atoms with E-state index in [9.17, 15) is 5.11 Å². The van der Waals surface area contributed by atoms with Crippen molar-refractivity contribution < 1.29 is 9.84 Å². The summed E-state index contributed by atoms with van der Waals surface area (Å²) in [5, 5.41) is 9.38. The summed E-state index contributed by atoms with van der Waals surface area (Å²) in [7, 11) is 0. The number of phenolic OH excluding ortho intramolecular Hbond substituents is 1. The van der Waals surface area contributed by atoms with Crippen molar-refractivity contribution in [2.24, 2.45) is 0 Å². The van der Waals surface area contributed by atoms with Crippen LogP contribution in [0.4, 0.5) is 0 Å². The Balaban J connectivity index is 2.18. The van der Waals surface area contributed by atoms with Gasteiger partial charge in [0.05, 0.1) is 0 Å². The van der Waals surface area contributed by atoms with E-state index in [1.54, 1.807) is 18.2 Å². The van der Waals surface area contributed by atoms with Crippen LogP contribution < -0.4 is 4.74 Å². The summed E-state index contributed by atoms with van der Waals surface area (Å²) in [6.07, 6.45) is 2.75. The Bertz CT molecular complexity index is 541. The van der Waals surface area contributed by atoms with Gasteiger partial charge < -0.3 is 9.84 Å². The lowest BCUT2D eigenvalue weighted by atomic mass is 9.89. The zero-order chi connectivity index (χ0) is 14.4. The van der Waals surface area contributed by atoms with E-state index in [0.717, 1.165) is 12.2 Å². The summed E-state index contributed by atoms with van der Waals surface area (Å²) in [5.74, 6) is 1.50. The van der Waals surface area contributed by atoms with Crippen molar-refractivity contribution in [1.82, 2.24) is 0 Å². The Morgan fingerprint density at radius 2 is 1.60 bits per heavy atom. The molecule has 0 amide bonds. The summed E-state index contributed by atoms with van der Waals surface area (Å²) in [4.78, 5) is 0. The first kappa shape index (κ1) is 14.2. The lowest BCUT2D eigenvalue weighted by Gasteiger charge is -2.16. The summed E-state index contributed by atoms with van der Waals surface area (Å²) < 4.78 is 5.49. The van der Waals surface area contributed by atoms with Gasteiger partial charge in [0.2, 0.25) is 0 Å². The van der Waals surface area contributed by atoms with Crippen molar-refractivity contribution >= 4 is 0 Å². The maximum atomic E-state index is 9.38. The van der Waals surface area contributed by atoms with Gasteiger partial charge in [-0.3, -0.25) is 0 Å². The van der Waals surface area contributed by atoms with Gasteiger partial charge in [-0.05, 0) is 41.8 Å². The van der Waals surface area contributed by atoms with Crippen molar-refractivity contribution in [2.45, 2.75) is 19.3 Å². The fourth-order valence-corrected chi connectivity index (χ4v) is 2.32. The van der Waals surface area contributed by atoms with E-state index in [1.165, 1.54) is 11.1 Å². The van der Waals surface area contributed by atoms with E-state index in [0.29, 0.717) is 18.3 Å². The standard InChI is InChI=1S/C18H20O2/c1-3-13-20-17-11-7-15(8-12-17)18(4-2)14-5-9-16(19)10-6-14/h3,5-12,18-19H,1,4,13H2,2H3. The lowest BCUT2D eigenvalue weighted by molar-refractivity contribution is 0.363. The van der Waals surface area contributed by atoms with Crippen molar-refractivity contribution in [3.05, 3.63) is 72.3 Å². The van der Waals surface area contributed by atoms with E-state index >= 15 is 0 Å². The molecule has 2 aromatic carbocycles. The third kappa shape index (κ3) is 3.41. The average Bonchev–Trinajstić information content (AvgIpc) is 2.49. The van der Waals surface area contributed by atoms with E-state index in [4.69, 9.17) is 4.74 Å². The second kappa shape index (κ2) is 6.80. The zero-order valence-corrected chi connectivity index (χ0v) is 11.8. The Morgan fingerprint density at radius 3 is 2.10 bits per heavy atom. The Labute approximate surface area is 120 Å². The van der Waals surface area contributed by atoms with Crippen LogP contribution in [0.5, 0.6) is 11.5 Å². The van der Waals surface area contributed by atoms with Crippen LogP contribution >= 0.6 is 0 Å². The number of rotatable bonds is 6. The van der Waals surface area contributed by atoms with Gasteiger partial charge in [-0.25, -0.2) is 0 Å². The van der Waals surface area contributed by atoms with Gasteiger partial charge in [0, 0.05) is 5.92 Å². The molecule has 104 valence electrons. The SMILES string of the molecule is C=CCOc1ccc(C(CC)c2ccc(O)cc2)cc1. The fraction of sp³-hybridized carbons (Fsp3) is 0.222. The molecule has 0 bridgehead atoms. The maximum absolute atomic E-state index is 9.38. The molecule has 2 rings (SSSR count). The largest absolute Gasteiger partial charge is 0.508 e. The Hall–Kier alpha value is -2.22. The predicted molar refractivity (Wildman–Crippen MR) is 82.4 cm³/mol. The molecule has 0 aliphatic rings. The van der Waals surface area contributed by atoms with Gasteiger partial charge in [0.25, 0.3) is 0 Å². The normalized spacial score (nSPS) is 11.8. The quantitative estimate of drug-likeness (QED) is 0.782. The third-order valence-corrected chi connectivity index (χ3v) is 3.35. The lowest BCUT2D eigenvalue weighted by Crippen LogP contribution is -2.00. The van der Waals surface area contributed by atoms with Crippen LogP contribution in [0, 0.1) is 0 Å². The highest BCUT2D eigenvalue weighted by molar-refractivity contribution is 5.37. The number of ether oxygens (including phenoxy) is 1. The molecular weight excluding hydrogens is 248 g/mol. The van der Waals surface area contributed by atoms with Crippen LogP contribution in [0.2, 0.25) is 0 Å². The van der Waals surface area contributed by atoms with Crippen LogP contribution in [-0.4, -0.2) is 11.7 Å². The van der Waals surface area contributed by atoms with E-state index in [1.807, 2.05) is 24.3 Å².